The highest BCUT2D eigenvalue weighted by Crippen LogP contribution is 2.61. The molecule has 1 fully saturated rings. The number of carboxylic acids is 1. The Morgan fingerprint density at radius 3 is 2.87 bits per heavy atom. The number of ether oxygens (including phenoxy) is 1. The lowest BCUT2D eigenvalue weighted by Gasteiger charge is -2.27. The summed E-state index contributed by atoms with van der Waals surface area (Å²) in [6.07, 6.45) is 2.35. The molecule has 0 radical (unpaired) electrons. The Hall–Kier alpha value is -3.53. The van der Waals surface area contributed by atoms with Crippen molar-refractivity contribution in [3.63, 3.8) is 0 Å². The second-order valence-corrected chi connectivity index (χ2v) is 7.91. The topological polar surface area (TPSA) is 120 Å². The number of hydrogen-bond donors (Lipinski definition) is 3. The minimum absolute atomic E-state index is 0.0411. The number of carbonyl (C=O) groups excluding carboxylic acids is 1. The summed E-state index contributed by atoms with van der Waals surface area (Å²) >= 11 is 0. The largest absolute Gasteiger partial charge is 0.508 e. The predicted octanol–water partition coefficient (Wildman–Crippen LogP) is 3.35. The maximum atomic E-state index is 13.1. The fourth-order valence-electron chi connectivity index (χ4n) is 4.36. The molecular formula is C23H22N2O5. The number of hydrogen-bond acceptors (Lipinski definition) is 5. The zero-order valence-corrected chi connectivity index (χ0v) is 16.4. The third-order valence-electron chi connectivity index (χ3n) is 6.03. The van der Waals surface area contributed by atoms with E-state index in [-0.39, 0.29) is 29.4 Å². The van der Waals surface area contributed by atoms with E-state index in [9.17, 15) is 20.0 Å². The second-order valence-electron chi connectivity index (χ2n) is 7.91. The highest BCUT2D eigenvalue weighted by molar-refractivity contribution is 5.97. The molecule has 1 amide bonds. The van der Waals surface area contributed by atoms with Crippen LogP contribution in [0.25, 0.3) is 0 Å². The van der Waals surface area contributed by atoms with Crippen molar-refractivity contribution in [1.82, 2.24) is 0 Å². The minimum Gasteiger partial charge on any atom is -0.508 e. The van der Waals surface area contributed by atoms with Gasteiger partial charge >= 0.3 is 5.97 Å². The maximum absolute atomic E-state index is 13.1. The van der Waals surface area contributed by atoms with Crippen LogP contribution < -0.4 is 10.1 Å². The number of carbonyl (C=O) groups is 2. The van der Waals surface area contributed by atoms with Gasteiger partial charge in [-0.3, -0.25) is 9.59 Å². The van der Waals surface area contributed by atoms with Crippen LogP contribution in [0.5, 0.6) is 11.5 Å². The van der Waals surface area contributed by atoms with Crippen molar-refractivity contribution >= 4 is 17.6 Å². The molecule has 7 heteroatoms. The number of benzene rings is 2. The third-order valence-corrected chi connectivity index (χ3v) is 6.03. The van der Waals surface area contributed by atoms with Gasteiger partial charge in [0, 0.05) is 29.0 Å². The summed E-state index contributed by atoms with van der Waals surface area (Å²) in [6, 6.07) is 12.1. The molecule has 0 aromatic heterocycles. The van der Waals surface area contributed by atoms with Crippen molar-refractivity contribution in [2.24, 2.45) is 5.92 Å². The van der Waals surface area contributed by atoms with Crippen LogP contribution in [-0.2, 0) is 21.4 Å². The Balaban J connectivity index is 1.54. The van der Waals surface area contributed by atoms with Gasteiger partial charge in [0.2, 0.25) is 5.91 Å². The summed E-state index contributed by atoms with van der Waals surface area (Å²) in [5, 5.41) is 30.9. The molecule has 0 unspecified atom stereocenters. The van der Waals surface area contributed by atoms with Gasteiger partial charge < -0.3 is 20.3 Å². The molecule has 1 saturated carbocycles. The zero-order valence-electron chi connectivity index (χ0n) is 16.4. The van der Waals surface area contributed by atoms with Crippen LogP contribution in [0.1, 0.15) is 42.4 Å². The first-order valence-corrected chi connectivity index (χ1v) is 9.95. The van der Waals surface area contributed by atoms with Gasteiger partial charge in [-0.25, -0.2) is 0 Å². The summed E-state index contributed by atoms with van der Waals surface area (Å²) < 4.78 is 5.69. The van der Waals surface area contributed by atoms with Gasteiger partial charge in [0.15, 0.2) is 0 Å². The second kappa shape index (κ2) is 7.71. The van der Waals surface area contributed by atoms with Gasteiger partial charge in [0.25, 0.3) is 0 Å². The van der Waals surface area contributed by atoms with Crippen LogP contribution in [0.3, 0.4) is 0 Å². The molecule has 1 spiro atoms. The van der Waals surface area contributed by atoms with Crippen molar-refractivity contribution in [2.75, 3.05) is 11.9 Å². The van der Waals surface area contributed by atoms with E-state index in [1.807, 2.05) is 0 Å². The molecular weight excluding hydrogens is 384 g/mol. The molecule has 4 rings (SSSR count). The van der Waals surface area contributed by atoms with Gasteiger partial charge in [0.1, 0.15) is 11.5 Å². The molecule has 0 bridgehead atoms. The zero-order chi connectivity index (χ0) is 21.3. The Labute approximate surface area is 173 Å². The fraction of sp³-hybridized carbons (Fsp3) is 0.348. The van der Waals surface area contributed by atoms with Crippen LogP contribution >= 0.6 is 0 Å². The third kappa shape index (κ3) is 3.69. The first kappa shape index (κ1) is 19.8. The lowest BCUT2D eigenvalue weighted by atomic mass is 9.87. The molecule has 0 saturated heterocycles. The summed E-state index contributed by atoms with van der Waals surface area (Å²) in [4.78, 5) is 23.9. The standard InChI is InChI=1S/C23H22N2O5/c24-13-14-4-5-15(2-1-3-21(27)28)19(10-14)25-22(29)18-12-23(18)8-9-30-20-7-6-16(26)11-17(20)23/h4-7,10-11,18,26H,1-3,8-9,12H2,(H,25,29)(H,27,28)/t18-,23-/m0/s1. The number of phenolic OH excluding ortho intramolecular Hbond substituents is 1. The van der Waals surface area contributed by atoms with Crippen molar-refractivity contribution < 1.29 is 24.5 Å². The smallest absolute Gasteiger partial charge is 0.303 e. The Bertz CT molecular complexity index is 1060. The molecule has 1 aliphatic carbocycles. The number of phenols is 1. The molecule has 2 aliphatic rings. The average molecular weight is 406 g/mol. The number of fused-ring (bicyclic) bond motifs is 2. The molecule has 30 heavy (non-hydrogen) atoms. The fourth-order valence-corrected chi connectivity index (χ4v) is 4.36. The summed E-state index contributed by atoms with van der Waals surface area (Å²) in [6.45, 7) is 0.520. The van der Waals surface area contributed by atoms with Gasteiger partial charge in [0.05, 0.1) is 18.2 Å². The van der Waals surface area contributed by atoms with Crippen LogP contribution in [-0.4, -0.2) is 28.7 Å². The highest BCUT2D eigenvalue weighted by Gasteiger charge is 2.61. The van der Waals surface area contributed by atoms with Crippen LogP contribution in [0.2, 0.25) is 0 Å². The van der Waals surface area contributed by atoms with Gasteiger partial charge in [-0.15, -0.1) is 0 Å². The lowest BCUT2D eigenvalue weighted by Crippen LogP contribution is -2.27. The van der Waals surface area contributed by atoms with Crippen molar-refractivity contribution in [1.29, 1.82) is 5.26 Å². The Morgan fingerprint density at radius 1 is 1.27 bits per heavy atom. The van der Waals surface area contributed by atoms with E-state index < -0.39 is 5.97 Å². The van der Waals surface area contributed by atoms with E-state index in [1.54, 1.807) is 36.4 Å². The minimum atomic E-state index is -0.865. The Morgan fingerprint density at radius 2 is 2.10 bits per heavy atom. The van der Waals surface area contributed by atoms with Crippen LogP contribution in [0.4, 0.5) is 5.69 Å². The molecule has 2 atom stereocenters. The number of amides is 1. The number of nitrogens with zero attached hydrogens (tertiary/aromatic N) is 1. The predicted molar refractivity (Wildman–Crippen MR) is 108 cm³/mol. The molecule has 154 valence electrons. The van der Waals surface area contributed by atoms with Crippen molar-refractivity contribution in [3.05, 3.63) is 53.1 Å². The number of aromatic hydroxyl groups is 1. The first-order valence-electron chi connectivity index (χ1n) is 9.95. The molecule has 7 nitrogen and oxygen atoms in total. The number of anilines is 1. The lowest BCUT2D eigenvalue weighted by molar-refractivity contribution is -0.137. The molecule has 3 N–H and O–H groups in total. The van der Waals surface area contributed by atoms with E-state index in [0.29, 0.717) is 49.3 Å². The van der Waals surface area contributed by atoms with E-state index in [2.05, 4.69) is 11.4 Å². The summed E-state index contributed by atoms with van der Waals surface area (Å²) in [5.74, 6) is -0.404. The Kier molecular flexibility index (Phi) is 5.08. The monoisotopic (exact) mass is 406 g/mol. The number of rotatable bonds is 6. The van der Waals surface area contributed by atoms with Gasteiger partial charge in [-0.05, 0) is 61.6 Å². The molecule has 1 heterocycles. The van der Waals surface area contributed by atoms with E-state index in [4.69, 9.17) is 9.84 Å². The van der Waals surface area contributed by atoms with Crippen molar-refractivity contribution in [3.8, 4) is 17.6 Å². The van der Waals surface area contributed by atoms with E-state index in [1.165, 1.54) is 0 Å². The SMILES string of the molecule is N#Cc1ccc(CCCC(=O)O)c(NC(=O)[C@@H]2C[C@]23CCOc2ccc(O)cc23)c1. The van der Waals surface area contributed by atoms with Gasteiger partial charge in [-0.2, -0.15) is 5.26 Å². The molecule has 2 aromatic rings. The van der Waals surface area contributed by atoms with Crippen LogP contribution in [0, 0.1) is 17.2 Å². The normalized spacial score (nSPS) is 21.2. The first-order chi connectivity index (χ1) is 14.4. The number of carboxylic acid groups (broad SMARTS) is 1. The summed E-state index contributed by atoms with van der Waals surface area (Å²) in [5.41, 5.74) is 2.31. The van der Waals surface area contributed by atoms with E-state index >= 15 is 0 Å². The molecule has 1 aliphatic heterocycles. The number of aryl methyl sites for hydroxylation is 1. The highest BCUT2D eigenvalue weighted by atomic mass is 16.5. The summed E-state index contributed by atoms with van der Waals surface area (Å²) in [7, 11) is 0. The quantitative estimate of drug-likeness (QED) is 0.677. The maximum Gasteiger partial charge on any atom is 0.303 e. The van der Waals surface area contributed by atoms with Crippen molar-refractivity contribution in [2.45, 2.75) is 37.5 Å². The number of nitrogens with one attached hydrogen (secondary N) is 1. The average Bonchev–Trinajstić information content (AvgIpc) is 3.44. The number of nitriles is 1. The van der Waals surface area contributed by atoms with E-state index in [0.717, 1.165) is 11.1 Å². The number of aliphatic carboxylic acids is 1. The van der Waals surface area contributed by atoms with Crippen LogP contribution in [0.15, 0.2) is 36.4 Å². The molecule has 2 aromatic carbocycles. The van der Waals surface area contributed by atoms with Gasteiger partial charge in [-0.1, -0.05) is 6.07 Å².